The van der Waals surface area contributed by atoms with Crippen molar-refractivity contribution < 1.29 is 9.90 Å². The fourth-order valence-electron chi connectivity index (χ4n) is 4.36. The maximum Gasteiger partial charge on any atom is 0.251 e. The predicted octanol–water partition coefficient (Wildman–Crippen LogP) is 4.39. The lowest BCUT2D eigenvalue weighted by Crippen LogP contribution is -2.39. The van der Waals surface area contributed by atoms with Crippen molar-refractivity contribution in [3.8, 4) is 5.88 Å². The first kappa shape index (κ1) is 20.5. The molecule has 2 aromatic carbocycles. The quantitative estimate of drug-likeness (QED) is 0.573. The van der Waals surface area contributed by atoms with Crippen LogP contribution in [0.25, 0.3) is 10.8 Å². The second-order valence-corrected chi connectivity index (χ2v) is 8.36. The molecule has 1 aliphatic heterocycles. The van der Waals surface area contributed by atoms with E-state index in [4.69, 9.17) is 0 Å². The third kappa shape index (κ3) is 4.68. The van der Waals surface area contributed by atoms with Crippen molar-refractivity contribution in [2.24, 2.45) is 0 Å². The summed E-state index contributed by atoms with van der Waals surface area (Å²) in [6.45, 7) is 5.76. The van der Waals surface area contributed by atoms with E-state index in [0.717, 1.165) is 23.9 Å². The predicted molar refractivity (Wildman–Crippen MR) is 121 cm³/mol. The van der Waals surface area contributed by atoms with Crippen molar-refractivity contribution >= 4 is 16.7 Å². The second-order valence-electron chi connectivity index (χ2n) is 8.36. The van der Waals surface area contributed by atoms with E-state index in [9.17, 15) is 9.90 Å². The monoisotopic (exact) mass is 405 g/mol. The molecule has 1 amide bonds. The summed E-state index contributed by atoms with van der Waals surface area (Å²) in [5.74, 6) is 0.112. The van der Waals surface area contributed by atoms with Crippen LogP contribution in [-0.4, -0.2) is 46.2 Å². The summed E-state index contributed by atoms with van der Waals surface area (Å²) in [7, 11) is 0. The fraction of sp³-hybridized carbons (Fsp3) is 0.400. The smallest absolute Gasteiger partial charge is 0.251 e. The van der Waals surface area contributed by atoms with Crippen LogP contribution in [0.2, 0.25) is 0 Å². The number of nitrogens with zero attached hydrogens (tertiary/aromatic N) is 2. The molecule has 5 nitrogen and oxygen atoms in total. The minimum Gasteiger partial charge on any atom is -0.494 e. The Hall–Kier alpha value is -2.79. The zero-order valence-corrected chi connectivity index (χ0v) is 17.7. The van der Waals surface area contributed by atoms with Gasteiger partial charge in [-0.2, -0.15) is 0 Å². The summed E-state index contributed by atoms with van der Waals surface area (Å²) in [5.41, 5.74) is 1.70. The van der Waals surface area contributed by atoms with E-state index >= 15 is 0 Å². The summed E-state index contributed by atoms with van der Waals surface area (Å²) in [4.78, 5) is 15.1. The van der Waals surface area contributed by atoms with Crippen molar-refractivity contribution in [2.45, 2.75) is 45.2 Å². The van der Waals surface area contributed by atoms with Gasteiger partial charge in [0.25, 0.3) is 5.91 Å². The minimum atomic E-state index is -0.0844. The number of carbonyl (C=O) groups excluding carboxylic acids is 1. The number of amides is 1. The molecule has 1 atom stereocenters. The molecule has 30 heavy (non-hydrogen) atoms. The Morgan fingerprint density at radius 3 is 2.80 bits per heavy atom. The maximum absolute atomic E-state index is 12.6. The lowest BCUT2D eigenvalue weighted by Gasteiger charge is -2.33. The third-order valence-electron chi connectivity index (χ3n) is 6.17. The van der Waals surface area contributed by atoms with E-state index in [0.29, 0.717) is 30.1 Å². The molecule has 158 valence electrons. The van der Waals surface area contributed by atoms with Gasteiger partial charge < -0.3 is 19.9 Å². The number of aromatic hydroxyl groups is 1. The van der Waals surface area contributed by atoms with Crippen molar-refractivity contribution in [1.29, 1.82) is 0 Å². The lowest BCUT2D eigenvalue weighted by atomic mass is 10.0. The molecule has 1 aromatic heterocycles. The summed E-state index contributed by atoms with van der Waals surface area (Å²) in [6.07, 6.45) is 6.77. The highest BCUT2D eigenvalue weighted by molar-refractivity contribution is 6.00. The molecular weight excluding hydrogens is 374 g/mol. The first-order valence-corrected chi connectivity index (χ1v) is 11.0. The molecule has 3 aromatic rings. The first-order chi connectivity index (χ1) is 14.6. The van der Waals surface area contributed by atoms with Gasteiger partial charge >= 0.3 is 0 Å². The van der Waals surface area contributed by atoms with Crippen LogP contribution in [0.15, 0.2) is 54.7 Å². The number of hydrogen-bond donors (Lipinski definition) is 2. The molecule has 2 heterocycles. The summed E-state index contributed by atoms with van der Waals surface area (Å²) in [6, 6.07) is 16.2. The number of hydrogen-bond acceptors (Lipinski definition) is 3. The van der Waals surface area contributed by atoms with Crippen LogP contribution >= 0.6 is 0 Å². The number of benzene rings is 2. The van der Waals surface area contributed by atoms with E-state index in [-0.39, 0.29) is 11.8 Å². The molecule has 4 rings (SSSR count). The molecule has 0 aliphatic carbocycles. The highest BCUT2D eigenvalue weighted by atomic mass is 16.3. The number of fused-ring (bicyclic) bond motifs is 1. The molecule has 1 saturated heterocycles. The van der Waals surface area contributed by atoms with Gasteiger partial charge in [-0.05, 0) is 50.4 Å². The molecular formula is C25H31N3O2. The van der Waals surface area contributed by atoms with Crippen LogP contribution in [0.5, 0.6) is 5.88 Å². The summed E-state index contributed by atoms with van der Waals surface area (Å²) >= 11 is 0. The average molecular weight is 406 g/mol. The zero-order valence-electron chi connectivity index (χ0n) is 17.7. The van der Waals surface area contributed by atoms with Crippen molar-refractivity contribution in [3.63, 3.8) is 0 Å². The van der Waals surface area contributed by atoms with Gasteiger partial charge in [-0.25, -0.2) is 0 Å². The van der Waals surface area contributed by atoms with Crippen molar-refractivity contribution in [3.05, 3.63) is 65.9 Å². The first-order valence-electron chi connectivity index (χ1n) is 11.0. The Kier molecular flexibility index (Phi) is 6.38. The van der Waals surface area contributed by atoms with E-state index in [1.165, 1.54) is 25.8 Å². The van der Waals surface area contributed by atoms with Crippen LogP contribution in [0.3, 0.4) is 0 Å². The number of aromatic nitrogens is 1. The standard InChI is InChI=1S/C25H31N3O2/c1-19-8-5-6-14-27(19)15-7-13-26-24(29)21-11-12-22-18-28(25(30)23(22)16-21)17-20-9-3-2-4-10-20/h2-4,9-12,16,18-19,30H,5-8,13-15,17H2,1H3,(H,26,29). The van der Waals surface area contributed by atoms with Gasteiger partial charge in [-0.3, -0.25) is 4.79 Å². The van der Waals surface area contributed by atoms with Crippen molar-refractivity contribution in [1.82, 2.24) is 14.8 Å². The van der Waals surface area contributed by atoms with Gasteiger partial charge in [0, 0.05) is 41.7 Å². The Balaban J connectivity index is 1.36. The Labute approximate surface area is 178 Å². The number of nitrogens with one attached hydrogen (secondary N) is 1. The summed E-state index contributed by atoms with van der Waals surface area (Å²) in [5, 5.41) is 15.3. The normalized spacial score (nSPS) is 17.3. The summed E-state index contributed by atoms with van der Waals surface area (Å²) < 4.78 is 1.82. The molecule has 2 N–H and O–H groups in total. The average Bonchev–Trinajstić information content (AvgIpc) is 3.07. The van der Waals surface area contributed by atoms with Gasteiger partial charge in [-0.15, -0.1) is 0 Å². The van der Waals surface area contributed by atoms with Crippen LogP contribution < -0.4 is 5.32 Å². The van der Waals surface area contributed by atoms with Gasteiger partial charge in [0.2, 0.25) is 0 Å². The SMILES string of the molecule is CC1CCCCN1CCCNC(=O)c1ccc2cn(Cc3ccccc3)c(O)c2c1. The highest BCUT2D eigenvalue weighted by Crippen LogP contribution is 2.29. The Morgan fingerprint density at radius 1 is 1.17 bits per heavy atom. The molecule has 0 bridgehead atoms. The van der Waals surface area contributed by atoms with E-state index in [2.05, 4.69) is 17.1 Å². The Bertz CT molecular complexity index is 996. The van der Waals surface area contributed by atoms with Gasteiger partial charge in [0.15, 0.2) is 5.88 Å². The molecule has 1 fully saturated rings. The molecule has 1 unspecified atom stereocenters. The number of carbonyl (C=O) groups is 1. The number of piperidine rings is 1. The van der Waals surface area contributed by atoms with Crippen LogP contribution in [0.4, 0.5) is 0 Å². The number of likely N-dealkylation sites (tertiary alicyclic amines) is 1. The van der Waals surface area contributed by atoms with E-state index < -0.39 is 0 Å². The molecule has 0 saturated carbocycles. The van der Waals surface area contributed by atoms with Crippen molar-refractivity contribution in [2.75, 3.05) is 19.6 Å². The molecule has 1 aliphatic rings. The largest absolute Gasteiger partial charge is 0.494 e. The molecule has 0 spiro atoms. The third-order valence-corrected chi connectivity index (χ3v) is 6.17. The van der Waals surface area contributed by atoms with Crippen LogP contribution in [0, 0.1) is 0 Å². The van der Waals surface area contributed by atoms with Gasteiger partial charge in [-0.1, -0.05) is 42.8 Å². The van der Waals surface area contributed by atoms with E-state index in [1.54, 1.807) is 6.07 Å². The van der Waals surface area contributed by atoms with Gasteiger partial charge in [0.05, 0.1) is 6.54 Å². The van der Waals surface area contributed by atoms with Crippen LogP contribution in [-0.2, 0) is 6.54 Å². The minimum absolute atomic E-state index is 0.0844. The maximum atomic E-state index is 12.6. The Morgan fingerprint density at radius 2 is 2.00 bits per heavy atom. The fourth-order valence-corrected chi connectivity index (χ4v) is 4.36. The number of rotatable bonds is 7. The van der Waals surface area contributed by atoms with E-state index in [1.807, 2.05) is 53.2 Å². The zero-order chi connectivity index (χ0) is 20.9. The highest BCUT2D eigenvalue weighted by Gasteiger charge is 2.17. The molecule has 5 heteroatoms. The second kappa shape index (κ2) is 9.35. The lowest BCUT2D eigenvalue weighted by molar-refractivity contribution is 0.0949. The van der Waals surface area contributed by atoms with Gasteiger partial charge in [0.1, 0.15) is 0 Å². The topological polar surface area (TPSA) is 57.5 Å². The van der Waals surface area contributed by atoms with Crippen LogP contribution in [0.1, 0.15) is 48.5 Å². The molecule has 0 radical (unpaired) electrons.